The number of ether oxygens (including phenoxy) is 1. The Morgan fingerprint density at radius 2 is 2.41 bits per heavy atom. The van der Waals surface area contributed by atoms with E-state index in [9.17, 15) is 0 Å². The summed E-state index contributed by atoms with van der Waals surface area (Å²) in [6, 6.07) is 0. The zero-order valence-electron chi connectivity index (χ0n) is 10.1. The molecular weight excluding hydrogens is 240 g/mol. The van der Waals surface area contributed by atoms with Crippen molar-refractivity contribution in [1.29, 1.82) is 0 Å². The fourth-order valence-electron chi connectivity index (χ4n) is 2.04. The number of nitrogens with one attached hydrogen (secondary N) is 1. The summed E-state index contributed by atoms with van der Waals surface area (Å²) in [6.45, 7) is 1.68. The molecule has 1 fully saturated rings. The minimum atomic E-state index is 0.290. The van der Waals surface area contributed by atoms with Gasteiger partial charge in [0.2, 0.25) is 0 Å². The molecule has 0 aliphatic carbocycles. The maximum absolute atomic E-state index is 6.02. The summed E-state index contributed by atoms with van der Waals surface area (Å²) < 4.78 is 5.61. The van der Waals surface area contributed by atoms with Crippen molar-refractivity contribution < 1.29 is 4.74 Å². The molecule has 0 amide bonds. The molecule has 0 radical (unpaired) electrons. The molecule has 0 unspecified atom stereocenters. The molecule has 0 aromatic carbocycles. The van der Waals surface area contributed by atoms with Crippen molar-refractivity contribution in [2.24, 2.45) is 0 Å². The molecule has 5 nitrogen and oxygen atoms in total. The Hall–Kier alpha value is -1.07. The SMILES string of the molecule is CNc1c(Cl)ncnc1N(C)C[C@@H]1CCCO1. The molecule has 94 valence electrons. The summed E-state index contributed by atoms with van der Waals surface area (Å²) in [6.07, 6.45) is 4.02. The summed E-state index contributed by atoms with van der Waals surface area (Å²) >= 11 is 6.02. The van der Waals surface area contributed by atoms with Crippen LogP contribution in [0.2, 0.25) is 5.15 Å². The molecule has 0 saturated carbocycles. The summed E-state index contributed by atoms with van der Waals surface area (Å²) in [5.74, 6) is 0.808. The van der Waals surface area contributed by atoms with Crippen molar-refractivity contribution in [3.8, 4) is 0 Å². The van der Waals surface area contributed by atoms with Crippen LogP contribution in [0.15, 0.2) is 6.33 Å². The molecule has 1 aromatic heterocycles. The lowest BCUT2D eigenvalue weighted by atomic mass is 10.2. The Labute approximate surface area is 106 Å². The van der Waals surface area contributed by atoms with E-state index in [1.807, 2.05) is 14.1 Å². The van der Waals surface area contributed by atoms with Crippen LogP contribution in [0.1, 0.15) is 12.8 Å². The van der Waals surface area contributed by atoms with Crippen molar-refractivity contribution in [3.05, 3.63) is 11.5 Å². The molecule has 1 atom stereocenters. The summed E-state index contributed by atoms with van der Waals surface area (Å²) in [7, 11) is 3.80. The Balaban J connectivity index is 2.12. The Kier molecular flexibility index (Phi) is 4.02. The predicted molar refractivity (Wildman–Crippen MR) is 68.8 cm³/mol. The zero-order valence-corrected chi connectivity index (χ0v) is 10.9. The van der Waals surface area contributed by atoms with Gasteiger partial charge in [0.1, 0.15) is 12.0 Å². The standard InChI is InChI=1S/C11H17ClN4O/c1-13-9-10(12)14-7-15-11(9)16(2)6-8-4-3-5-17-8/h7-8,13H,3-6H2,1-2H3/t8-/m0/s1. The molecule has 0 spiro atoms. The maximum Gasteiger partial charge on any atom is 0.157 e. The van der Waals surface area contributed by atoms with Crippen LogP contribution < -0.4 is 10.2 Å². The fourth-order valence-corrected chi connectivity index (χ4v) is 2.26. The van der Waals surface area contributed by atoms with Crippen LogP contribution >= 0.6 is 11.6 Å². The zero-order chi connectivity index (χ0) is 12.3. The van der Waals surface area contributed by atoms with Crippen LogP contribution in [-0.4, -0.2) is 43.3 Å². The fraction of sp³-hybridized carbons (Fsp3) is 0.636. The lowest BCUT2D eigenvalue weighted by Gasteiger charge is -2.23. The van der Waals surface area contributed by atoms with Crippen molar-refractivity contribution in [1.82, 2.24) is 9.97 Å². The van der Waals surface area contributed by atoms with Crippen molar-refractivity contribution >= 4 is 23.1 Å². The second-order valence-corrected chi connectivity index (χ2v) is 4.49. The number of anilines is 2. The summed E-state index contributed by atoms with van der Waals surface area (Å²) in [4.78, 5) is 10.3. The third kappa shape index (κ3) is 2.79. The highest BCUT2D eigenvalue weighted by Gasteiger charge is 2.20. The van der Waals surface area contributed by atoms with Gasteiger partial charge < -0.3 is 15.0 Å². The number of rotatable bonds is 4. The normalized spacial score (nSPS) is 19.4. The number of aromatic nitrogens is 2. The molecule has 1 N–H and O–H groups in total. The van der Waals surface area contributed by atoms with E-state index in [0.29, 0.717) is 11.3 Å². The second kappa shape index (κ2) is 5.51. The van der Waals surface area contributed by atoms with E-state index < -0.39 is 0 Å². The number of nitrogens with zero attached hydrogens (tertiary/aromatic N) is 3. The number of hydrogen-bond donors (Lipinski definition) is 1. The van der Waals surface area contributed by atoms with E-state index >= 15 is 0 Å². The average Bonchev–Trinajstić information content (AvgIpc) is 2.81. The number of halogens is 1. The van der Waals surface area contributed by atoms with Gasteiger partial charge in [0, 0.05) is 27.2 Å². The van der Waals surface area contributed by atoms with Gasteiger partial charge in [0.15, 0.2) is 11.0 Å². The molecule has 1 aliphatic rings. The first-order valence-corrected chi connectivity index (χ1v) is 6.11. The Bertz CT molecular complexity index is 382. The van der Waals surface area contributed by atoms with Gasteiger partial charge in [-0.3, -0.25) is 0 Å². The van der Waals surface area contributed by atoms with E-state index in [2.05, 4.69) is 20.2 Å². The minimum Gasteiger partial charge on any atom is -0.383 e. The lowest BCUT2D eigenvalue weighted by molar-refractivity contribution is 0.116. The van der Waals surface area contributed by atoms with E-state index in [4.69, 9.17) is 16.3 Å². The molecule has 6 heteroatoms. The van der Waals surface area contributed by atoms with Gasteiger partial charge >= 0.3 is 0 Å². The van der Waals surface area contributed by atoms with Crippen molar-refractivity contribution in [3.63, 3.8) is 0 Å². The van der Waals surface area contributed by atoms with Crippen LogP contribution in [0.4, 0.5) is 11.5 Å². The molecule has 1 aliphatic heterocycles. The van der Waals surface area contributed by atoms with Crippen LogP contribution in [0.25, 0.3) is 0 Å². The van der Waals surface area contributed by atoms with Crippen LogP contribution in [-0.2, 0) is 4.74 Å². The highest BCUT2D eigenvalue weighted by molar-refractivity contribution is 6.32. The first-order chi connectivity index (χ1) is 8.22. The highest BCUT2D eigenvalue weighted by atomic mass is 35.5. The first kappa shape index (κ1) is 12.4. The quantitative estimate of drug-likeness (QED) is 0.833. The van der Waals surface area contributed by atoms with Crippen LogP contribution in [0, 0.1) is 0 Å². The van der Waals surface area contributed by atoms with E-state index in [1.54, 1.807) is 0 Å². The van der Waals surface area contributed by atoms with Crippen LogP contribution in [0.3, 0.4) is 0 Å². The topological polar surface area (TPSA) is 50.3 Å². The van der Waals surface area contributed by atoms with Gasteiger partial charge in [-0.15, -0.1) is 0 Å². The molecule has 17 heavy (non-hydrogen) atoms. The molecule has 0 bridgehead atoms. The summed E-state index contributed by atoms with van der Waals surface area (Å²) in [5, 5.41) is 3.47. The van der Waals surface area contributed by atoms with Gasteiger partial charge in [-0.1, -0.05) is 11.6 Å². The van der Waals surface area contributed by atoms with Crippen molar-refractivity contribution in [2.45, 2.75) is 18.9 Å². The van der Waals surface area contributed by atoms with E-state index in [0.717, 1.165) is 37.5 Å². The Morgan fingerprint density at radius 3 is 3.06 bits per heavy atom. The van der Waals surface area contributed by atoms with E-state index in [-0.39, 0.29) is 0 Å². The van der Waals surface area contributed by atoms with Gasteiger partial charge in [-0.2, -0.15) is 0 Å². The molecule has 2 heterocycles. The number of likely N-dealkylation sites (N-methyl/N-ethyl adjacent to an activating group) is 1. The molecule has 2 rings (SSSR count). The maximum atomic E-state index is 6.02. The predicted octanol–water partition coefficient (Wildman–Crippen LogP) is 1.79. The van der Waals surface area contributed by atoms with Gasteiger partial charge in [0.05, 0.1) is 6.10 Å². The van der Waals surface area contributed by atoms with Crippen LogP contribution in [0.5, 0.6) is 0 Å². The highest BCUT2D eigenvalue weighted by Crippen LogP contribution is 2.28. The number of hydrogen-bond acceptors (Lipinski definition) is 5. The monoisotopic (exact) mass is 256 g/mol. The lowest BCUT2D eigenvalue weighted by Crippen LogP contribution is -2.29. The molecule has 1 aromatic rings. The second-order valence-electron chi connectivity index (χ2n) is 4.13. The third-order valence-electron chi connectivity index (χ3n) is 2.89. The smallest absolute Gasteiger partial charge is 0.157 e. The van der Waals surface area contributed by atoms with Gasteiger partial charge in [-0.05, 0) is 12.8 Å². The minimum absolute atomic E-state index is 0.290. The van der Waals surface area contributed by atoms with Gasteiger partial charge in [-0.25, -0.2) is 9.97 Å². The average molecular weight is 257 g/mol. The molecular formula is C11H17ClN4O. The third-order valence-corrected chi connectivity index (χ3v) is 3.18. The largest absolute Gasteiger partial charge is 0.383 e. The van der Waals surface area contributed by atoms with Gasteiger partial charge in [0.25, 0.3) is 0 Å². The summed E-state index contributed by atoms with van der Waals surface area (Å²) in [5.41, 5.74) is 0.759. The van der Waals surface area contributed by atoms with Crippen molar-refractivity contribution in [2.75, 3.05) is 37.5 Å². The van der Waals surface area contributed by atoms with E-state index in [1.165, 1.54) is 6.33 Å². The molecule has 1 saturated heterocycles. The Morgan fingerprint density at radius 1 is 1.59 bits per heavy atom. The first-order valence-electron chi connectivity index (χ1n) is 5.73.